The molecule has 0 aliphatic carbocycles. The monoisotopic (exact) mass is 540 g/mol. The summed E-state index contributed by atoms with van der Waals surface area (Å²) in [5.41, 5.74) is 5.47. The van der Waals surface area contributed by atoms with E-state index in [0.29, 0.717) is 17.9 Å². The van der Waals surface area contributed by atoms with Crippen molar-refractivity contribution in [2.75, 3.05) is 23.8 Å². The van der Waals surface area contributed by atoms with E-state index in [1.54, 1.807) is 13.0 Å². The lowest BCUT2D eigenvalue weighted by Crippen LogP contribution is -2.32. The van der Waals surface area contributed by atoms with Gasteiger partial charge in [0.1, 0.15) is 5.82 Å². The molecule has 0 radical (unpaired) electrons. The number of rotatable bonds is 9. The molecule has 0 aromatic heterocycles. The largest absolute Gasteiger partial charge is 0.490 e. The third kappa shape index (κ3) is 8.04. The highest BCUT2D eigenvalue weighted by Gasteiger charge is 2.16. The van der Waals surface area contributed by atoms with Crippen LogP contribution in [0.4, 0.5) is 15.8 Å². The number of halogens is 2. The van der Waals surface area contributed by atoms with E-state index >= 15 is 0 Å². The Balaban J connectivity index is 1.61. The fourth-order valence-corrected chi connectivity index (χ4v) is 3.55. The molecule has 0 atom stereocenters. The van der Waals surface area contributed by atoms with Gasteiger partial charge in [-0.3, -0.25) is 14.4 Å². The average Bonchev–Trinajstić information content (AvgIpc) is 2.86. The van der Waals surface area contributed by atoms with Gasteiger partial charge in [0.05, 0.1) is 17.8 Å². The van der Waals surface area contributed by atoms with Crippen LogP contribution in [0.5, 0.6) is 11.5 Å². The van der Waals surface area contributed by atoms with Crippen molar-refractivity contribution in [1.29, 1.82) is 0 Å². The third-order valence-electron chi connectivity index (χ3n) is 5.02. The number of hydrogen-bond acceptors (Lipinski definition) is 6. The number of benzene rings is 3. The number of nitrogens with zero attached hydrogens (tertiary/aromatic N) is 1. The van der Waals surface area contributed by atoms with E-state index < -0.39 is 17.6 Å². The Hall–Kier alpha value is -4.44. The fraction of sp³-hybridized carbons (Fsp3) is 0.185. The highest BCUT2D eigenvalue weighted by atomic mass is 35.5. The molecule has 0 fully saturated rings. The predicted octanol–water partition coefficient (Wildman–Crippen LogP) is 4.60. The number of aryl methyl sites for hydroxylation is 2. The molecule has 0 bridgehead atoms. The van der Waals surface area contributed by atoms with Crippen molar-refractivity contribution in [3.63, 3.8) is 0 Å². The number of nitrogens with one attached hydrogen (secondary N) is 3. The normalized spacial score (nSPS) is 10.7. The number of hydrazone groups is 1. The van der Waals surface area contributed by atoms with E-state index in [1.807, 2.05) is 32.0 Å². The summed E-state index contributed by atoms with van der Waals surface area (Å²) >= 11 is 6.37. The molecule has 11 heteroatoms. The van der Waals surface area contributed by atoms with Gasteiger partial charge in [-0.15, -0.1) is 0 Å². The molecular formula is C27H26ClFN4O5. The molecule has 0 saturated heterocycles. The smallest absolute Gasteiger partial charge is 0.329 e. The van der Waals surface area contributed by atoms with Crippen LogP contribution in [0, 0.1) is 19.7 Å². The molecule has 198 valence electrons. The van der Waals surface area contributed by atoms with E-state index in [4.69, 9.17) is 21.1 Å². The zero-order chi connectivity index (χ0) is 27.7. The summed E-state index contributed by atoms with van der Waals surface area (Å²) in [4.78, 5) is 36.4. The van der Waals surface area contributed by atoms with Crippen molar-refractivity contribution in [3.05, 3.63) is 82.1 Å². The maximum atomic E-state index is 13.0. The molecule has 0 heterocycles. The Morgan fingerprint density at radius 2 is 1.71 bits per heavy atom. The van der Waals surface area contributed by atoms with Crippen molar-refractivity contribution < 1.29 is 28.2 Å². The molecule has 9 nitrogen and oxygen atoms in total. The third-order valence-corrected chi connectivity index (χ3v) is 5.30. The number of carbonyl (C=O) groups excluding carboxylic acids is 3. The molecule has 0 saturated carbocycles. The summed E-state index contributed by atoms with van der Waals surface area (Å²) in [6, 6.07) is 13.7. The lowest BCUT2D eigenvalue weighted by Gasteiger charge is -2.15. The summed E-state index contributed by atoms with van der Waals surface area (Å²) in [6.45, 7) is 5.62. The van der Waals surface area contributed by atoms with Crippen molar-refractivity contribution in [1.82, 2.24) is 5.43 Å². The standard InChI is InChI=1S/C27H26ClFN4O5/c1-4-37-23-13-18(14-30-33-27(36)26(35)31-20-8-6-19(29)7-9-20)12-21(28)25(23)38-15-24(34)32-22-10-5-16(2)11-17(22)3/h5-14H,4,15H2,1-3H3,(H,31,35)(H,32,34)(H,33,36)/b30-14-. The first-order valence-corrected chi connectivity index (χ1v) is 11.9. The Labute approximate surface area is 224 Å². The molecule has 3 amide bonds. The highest BCUT2D eigenvalue weighted by Crippen LogP contribution is 2.36. The fourth-order valence-electron chi connectivity index (χ4n) is 3.28. The summed E-state index contributed by atoms with van der Waals surface area (Å²) < 4.78 is 24.2. The van der Waals surface area contributed by atoms with Crippen LogP contribution in [0.3, 0.4) is 0 Å². The number of anilines is 2. The van der Waals surface area contributed by atoms with Gasteiger partial charge in [0, 0.05) is 11.4 Å². The van der Waals surface area contributed by atoms with Crippen molar-refractivity contribution in [2.45, 2.75) is 20.8 Å². The SMILES string of the molecule is CCOc1cc(/C=N\NC(=O)C(=O)Nc2ccc(F)cc2)cc(Cl)c1OCC(=O)Nc1ccc(C)cc1C. The Kier molecular flexibility index (Phi) is 9.78. The lowest BCUT2D eigenvalue weighted by atomic mass is 10.1. The maximum Gasteiger partial charge on any atom is 0.329 e. The van der Waals surface area contributed by atoms with Gasteiger partial charge in [0.25, 0.3) is 5.91 Å². The first kappa shape index (κ1) is 28.1. The Morgan fingerprint density at radius 1 is 0.974 bits per heavy atom. The van der Waals surface area contributed by atoms with Crippen molar-refractivity contribution in [3.8, 4) is 11.5 Å². The van der Waals surface area contributed by atoms with Gasteiger partial charge in [-0.1, -0.05) is 29.3 Å². The first-order chi connectivity index (χ1) is 18.2. The van der Waals surface area contributed by atoms with E-state index in [0.717, 1.165) is 23.3 Å². The summed E-state index contributed by atoms with van der Waals surface area (Å²) in [5, 5.41) is 9.03. The van der Waals surface area contributed by atoms with E-state index in [2.05, 4.69) is 21.2 Å². The summed E-state index contributed by atoms with van der Waals surface area (Å²) in [7, 11) is 0. The van der Waals surface area contributed by atoms with Gasteiger partial charge in [-0.25, -0.2) is 9.82 Å². The van der Waals surface area contributed by atoms with Crippen LogP contribution < -0.4 is 25.5 Å². The quantitative estimate of drug-likeness (QED) is 0.208. The summed E-state index contributed by atoms with van der Waals surface area (Å²) in [5.74, 6) is -2.42. The second kappa shape index (κ2) is 13.2. The molecule has 3 aromatic rings. The minimum atomic E-state index is -1.03. The van der Waals surface area contributed by atoms with Crippen LogP contribution in [0.25, 0.3) is 0 Å². The molecule has 0 spiro atoms. The van der Waals surface area contributed by atoms with Crippen LogP contribution in [-0.4, -0.2) is 37.1 Å². The minimum absolute atomic E-state index is 0.150. The van der Waals surface area contributed by atoms with Crippen LogP contribution in [0.2, 0.25) is 5.02 Å². The van der Waals surface area contributed by atoms with Gasteiger partial charge < -0.3 is 20.1 Å². The number of hydrogen-bond donors (Lipinski definition) is 3. The van der Waals surface area contributed by atoms with Gasteiger partial charge >= 0.3 is 11.8 Å². The average molecular weight is 541 g/mol. The van der Waals surface area contributed by atoms with Gasteiger partial charge in [-0.05, 0) is 74.4 Å². The first-order valence-electron chi connectivity index (χ1n) is 11.5. The number of amides is 3. The Morgan fingerprint density at radius 3 is 2.39 bits per heavy atom. The molecule has 0 aliphatic rings. The second-order valence-electron chi connectivity index (χ2n) is 8.08. The number of ether oxygens (including phenoxy) is 2. The van der Waals surface area contributed by atoms with E-state index in [9.17, 15) is 18.8 Å². The van der Waals surface area contributed by atoms with Gasteiger partial charge in [0.2, 0.25) is 0 Å². The highest BCUT2D eigenvalue weighted by molar-refractivity contribution is 6.39. The maximum absolute atomic E-state index is 13.0. The van der Waals surface area contributed by atoms with E-state index in [1.165, 1.54) is 24.4 Å². The van der Waals surface area contributed by atoms with Crippen LogP contribution >= 0.6 is 11.6 Å². The van der Waals surface area contributed by atoms with Crippen LogP contribution in [0.15, 0.2) is 59.7 Å². The lowest BCUT2D eigenvalue weighted by molar-refractivity contribution is -0.136. The van der Waals surface area contributed by atoms with Crippen LogP contribution in [0.1, 0.15) is 23.6 Å². The van der Waals surface area contributed by atoms with E-state index in [-0.39, 0.29) is 34.7 Å². The molecule has 0 aliphatic heterocycles. The van der Waals surface area contributed by atoms with Crippen molar-refractivity contribution >= 4 is 46.9 Å². The second-order valence-corrected chi connectivity index (χ2v) is 8.49. The molecule has 3 N–H and O–H groups in total. The van der Waals surface area contributed by atoms with Gasteiger partial charge in [0.15, 0.2) is 18.1 Å². The topological polar surface area (TPSA) is 118 Å². The predicted molar refractivity (Wildman–Crippen MR) is 143 cm³/mol. The molecule has 3 aromatic carbocycles. The Bertz CT molecular complexity index is 1360. The van der Waals surface area contributed by atoms with Gasteiger partial charge in [-0.2, -0.15) is 5.10 Å². The molecule has 0 unspecified atom stereocenters. The molecular weight excluding hydrogens is 515 g/mol. The van der Waals surface area contributed by atoms with Crippen LogP contribution in [-0.2, 0) is 14.4 Å². The van der Waals surface area contributed by atoms with Crippen molar-refractivity contribution in [2.24, 2.45) is 5.10 Å². The molecule has 3 rings (SSSR count). The summed E-state index contributed by atoms with van der Waals surface area (Å²) in [6.07, 6.45) is 1.26. The zero-order valence-corrected chi connectivity index (χ0v) is 21.7. The minimum Gasteiger partial charge on any atom is -0.490 e. The zero-order valence-electron chi connectivity index (χ0n) is 20.9. The number of carbonyl (C=O) groups is 3. The molecule has 38 heavy (non-hydrogen) atoms.